The van der Waals surface area contributed by atoms with Crippen molar-refractivity contribution in [3.63, 3.8) is 0 Å². The van der Waals surface area contributed by atoms with E-state index in [9.17, 15) is 19.5 Å². The van der Waals surface area contributed by atoms with E-state index in [0.717, 1.165) is 0 Å². The molecule has 9 nitrogen and oxygen atoms in total. The van der Waals surface area contributed by atoms with E-state index >= 15 is 0 Å². The van der Waals surface area contributed by atoms with Crippen molar-refractivity contribution in [1.82, 2.24) is 15.3 Å². The summed E-state index contributed by atoms with van der Waals surface area (Å²) in [4.78, 5) is 43.4. The van der Waals surface area contributed by atoms with Crippen LogP contribution in [0.4, 0.5) is 5.95 Å². The fraction of sp³-hybridized carbons (Fsp3) is 0. The maximum atomic E-state index is 11.8. The van der Waals surface area contributed by atoms with Crippen molar-refractivity contribution < 1.29 is 14.7 Å². The van der Waals surface area contributed by atoms with E-state index in [-0.39, 0.29) is 11.9 Å². The Morgan fingerprint density at radius 3 is 2.77 bits per heavy atom. The van der Waals surface area contributed by atoms with Gasteiger partial charge in [-0.25, -0.2) is 4.98 Å². The first-order valence-corrected chi connectivity index (χ1v) is 5.99. The summed E-state index contributed by atoms with van der Waals surface area (Å²) in [5.74, 6) is -2.78. The average molecular weight is 300 g/mol. The average Bonchev–Trinajstić information content (AvgIpc) is 2.45. The number of carboxylic acids is 1. The highest BCUT2D eigenvalue weighted by Gasteiger charge is 2.04. The van der Waals surface area contributed by atoms with Gasteiger partial charge in [-0.2, -0.15) is 4.99 Å². The normalized spacial score (nSPS) is 11.7. The molecule has 4 N–H and O–H groups in total. The van der Waals surface area contributed by atoms with Gasteiger partial charge in [-0.3, -0.25) is 19.9 Å². The highest BCUT2D eigenvalue weighted by molar-refractivity contribution is 6.03. The Morgan fingerprint density at radius 1 is 1.32 bits per heavy atom. The number of amides is 1. The lowest BCUT2D eigenvalue weighted by atomic mass is 10.2. The number of benzene rings is 1. The number of aliphatic carboxylic acids is 1. The lowest BCUT2D eigenvalue weighted by Crippen LogP contribution is -2.36. The van der Waals surface area contributed by atoms with Gasteiger partial charge < -0.3 is 15.6 Å². The van der Waals surface area contributed by atoms with Crippen LogP contribution in [0.25, 0.3) is 10.9 Å². The van der Waals surface area contributed by atoms with Crippen molar-refractivity contribution >= 4 is 34.7 Å². The molecule has 0 radical (unpaired) electrons. The van der Waals surface area contributed by atoms with Gasteiger partial charge in [-0.1, -0.05) is 12.1 Å². The van der Waals surface area contributed by atoms with E-state index in [2.05, 4.69) is 20.3 Å². The molecule has 0 atom stereocenters. The van der Waals surface area contributed by atoms with Crippen molar-refractivity contribution in [2.24, 2.45) is 10.7 Å². The van der Waals surface area contributed by atoms with Crippen molar-refractivity contribution in [2.45, 2.75) is 0 Å². The third-order valence-electron chi connectivity index (χ3n) is 2.45. The largest absolute Gasteiger partial charge is 0.545 e. The predicted octanol–water partition coefficient (Wildman–Crippen LogP) is -1.71. The molecule has 9 heteroatoms. The third kappa shape index (κ3) is 3.76. The van der Waals surface area contributed by atoms with Gasteiger partial charge in [-0.05, 0) is 18.2 Å². The topological polar surface area (TPSA) is 153 Å². The first kappa shape index (κ1) is 14.9. The smallest absolute Gasteiger partial charge is 0.260 e. The number of rotatable bonds is 3. The molecule has 0 saturated carbocycles. The molecule has 1 amide bonds. The van der Waals surface area contributed by atoms with Crippen LogP contribution in [0.15, 0.2) is 46.2 Å². The fourth-order valence-electron chi connectivity index (χ4n) is 1.58. The number of carbonyl (C=O) groups is 2. The van der Waals surface area contributed by atoms with Crippen LogP contribution in [0.5, 0.6) is 0 Å². The Labute approximate surface area is 123 Å². The summed E-state index contributed by atoms with van der Waals surface area (Å²) in [7, 11) is 0. The molecule has 1 heterocycles. The van der Waals surface area contributed by atoms with Crippen molar-refractivity contribution in [2.75, 3.05) is 0 Å². The van der Waals surface area contributed by atoms with Gasteiger partial charge in [-0.15, -0.1) is 0 Å². The second-order valence-electron chi connectivity index (χ2n) is 4.05. The van der Waals surface area contributed by atoms with Crippen molar-refractivity contribution in [3.8, 4) is 0 Å². The van der Waals surface area contributed by atoms with Crippen LogP contribution in [0.3, 0.4) is 0 Å². The zero-order valence-electron chi connectivity index (χ0n) is 11.1. The van der Waals surface area contributed by atoms with Crippen molar-refractivity contribution in [1.29, 1.82) is 0 Å². The van der Waals surface area contributed by atoms with Crippen LogP contribution in [0.1, 0.15) is 0 Å². The Morgan fingerprint density at radius 2 is 2.05 bits per heavy atom. The van der Waals surface area contributed by atoms with Crippen LogP contribution in [0.2, 0.25) is 0 Å². The second kappa shape index (κ2) is 6.31. The summed E-state index contributed by atoms with van der Waals surface area (Å²) in [5.41, 5.74) is 5.48. The molecule has 0 spiro atoms. The first-order chi connectivity index (χ1) is 10.5. The number of aliphatic imine (C=N–C) groups is 1. The van der Waals surface area contributed by atoms with Gasteiger partial charge in [0.05, 0.1) is 16.9 Å². The number of fused-ring (bicyclic) bond motifs is 1. The van der Waals surface area contributed by atoms with E-state index in [1.54, 1.807) is 24.3 Å². The van der Waals surface area contributed by atoms with Gasteiger partial charge >= 0.3 is 0 Å². The van der Waals surface area contributed by atoms with E-state index in [0.29, 0.717) is 23.1 Å². The minimum absolute atomic E-state index is 0.0922. The molecule has 1 aromatic heterocycles. The number of H-pyrrole nitrogens is 1. The van der Waals surface area contributed by atoms with Gasteiger partial charge in [0.25, 0.3) is 11.5 Å². The van der Waals surface area contributed by atoms with E-state index < -0.39 is 17.4 Å². The van der Waals surface area contributed by atoms with E-state index in [1.165, 1.54) is 0 Å². The number of nitrogens with one attached hydrogen (secondary N) is 2. The van der Waals surface area contributed by atoms with Gasteiger partial charge in [0.15, 0.2) is 0 Å². The summed E-state index contributed by atoms with van der Waals surface area (Å²) in [6, 6.07) is 6.63. The number of aromatic amines is 1. The number of nitrogens with zero attached hydrogens (tertiary/aromatic N) is 2. The predicted molar refractivity (Wildman–Crippen MR) is 75.9 cm³/mol. The number of aromatic nitrogens is 2. The molecule has 2 rings (SSSR count). The molecule has 0 aliphatic rings. The van der Waals surface area contributed by atoms with Crippen LogP contribution in [0, 0.1) is 0 Å². The quantitative estimate of drug-likeness (QED) is 0.348. The summed E-state index contributed by atoms with van der Waals surface area (Å²) < 4.78 is 0. The molecule has 0 bridgehead atoms. The van der Waals surface area contributed by atoms with Crippen LogP contribution in [-0.4, -0.2) is 27.8 Å². The molecule has 2 aromatic rings. The van der Waals surface area contributed by atoms with Crippen LogP contribution in [-0.2, 0) is 9.59 Å². The molecule has 22 heavy (non-hydrogen) atoms. The van der Waals surface area contributed by atoms with Gasteiger partial charge in [0.1, 0.15) is 0 Å². The number of hydrogen-bond donors (Lipinski definition) is 3. The summed E-state index contributed by atoms with van der Waals surface area (Å²) >= 11 is 0. The number of hydrogen-bond acceptors (Lipinski definition) is 6. The highest BCUT2D eigenvalue weighted by Crippen LogP contribution is 2.09. The molecule has 0 unspecified atom stereocenters. The summed E-state index contributed by atoms with van der Waals surface area (Å²) in [5, 5.41) is 12.6. The maximum absolute atomic E-state index is 11.8. The lowest BCUT2D eigenvalue weighted by molar-refractivity contribution is -0.297. The molecular weight excluding hydrogens is 290 g/mol. The van der Waals surface area contributed by atoms with Crippen molar-refractivity contribution in [3.05, 3.63) is 46.8 Å². The standard InChI is InChI=1S/C13H11N5O4/c14-12(16-9(19)5-6-10(20)21)18-13-15-8-4-2-1-3-7(8)11(22)17-13/h1-6H,(H,20,21)(H4,14,15,16,17,18,19,22)/p-1. The number of carbonyl (C=O) groups excluding carboxylic acids is 2. The molecule has 112 valence electrons. The monoisotopic (exact) mass is 300 g/mol. The maximum Gasteiger partial charge on any atom is 0.260 e. The first-order valence-electron chi connectivity index (χ1n) is 5.99. The lowest BCUT2D eigenvalue weighted by Gasteiger charge is -2.02. The molecule has 0 saturated heterocycles. The SMILES string of the molecule is N/C(=N\c1nc2ccccc2c(=O)[nH]1)NC(=O)C=CC(=O)[O-]. The zero-order chi connectivity index (χ0) is 16.1. The second-order valence-corrected chi connectivity index (χ2v) is 4.05. The number of carboxylic acid groups (broad SMARTS) is 1. The minimum atomic E-state index is -1.52. The number of nitrogens with two attached hydrogens (primary N) is 1. The zero-order valence-corrected chi connectivity index (χ0v) is 11.1. The molecule has 0 aliphatic carbocycles. The van der Waals surface area contributed by atoms with Crippen LogP contribution < -0.4 is 21.7 Å². The fourth-order valence-corrected chi connectivity index (χ4v) is 1.58. The molecular formula is C13H10N5O4-. The molecule has 1 aromatic carbocycles. The Hall–Kier alpha value is -3.49. The molecule has 0 aliphatic heterocycles. The van der Waals surface area contributed by atoms with E-state index in [1.807, 2.05) is 0 Å². The third-order valence-corrected chi connectivity index (χ3v) is 2.45. The minimum Gasteiger partial charge on any atom is -0.545 e. The Kier molecular flexibility index (Phi) is 4.27. The summed E-state index contributed by atoms with van der Waals surface area (Å²) in [6.45, 7) is 0. The Balaban J connectivity index is 2.23. The molecule has 0 fully saturated rings. The van der Waals surface area contributed by atoms with E-state index in [4.69, 9.17) is 5.73 Å². The Bertz CT molecular complexity index is 853. The number of para-hydroxylation sites is 1. The highest BCUT2D eigenvalue weighted by atomic mass is 16.4. The number of guanidine groups is 1. The van der Waals surface area contributed by atoms with Gasteiger partial charge in [0, 0.05) is 6.08 Å². The van der Waals surface area contributed by atoms with Gasteiger partial charge in [0.2, 0.25) is 11.9 Å². The van der Waals surface area contributed by atoms with Crippen LogP contribution >= 0.6 is 0 Å². The summed E-state index contributed by atoms with van der Waals surface area (Å²) in [6.07, 6.45) is 1.26.